The van der Waals surface area contributed by atoms with Crippen LogP contribution in [0.4, 0.5) is 4.39 Å². The second-order valence-corrected chi connectivity index (χ2v) is 8.09. The molecule has 0 saturated carbocycles. The zero-order valence-electron chi connectivity index (χ0n) is 16.4. The molecule has 2 aromatic rings. The predicted octanol–water partition coefficient (Wildman–Crippen LogP) is 3.75. The summed E-state index contributed by atoms with van der Waals surface area (Å²) in [7, 11) is 1.80. The second kappa shape index (κ2) is 11.1. The quantitative estimate of drug-likeness (QED) is 0.321. The molecule has 0 amide bonds. The van der Waals surface area contributed by atoms with Crippen LogP contribution in [0.3, 0.4) is 0 Å². The van der Waals surface area contributed by atoms with Crippen LogP contribution in [0.25, 0.3) is 0 Å². The van der Waals surface area contributed by atoms with Gasteiger partial charge in [-0.15, -0.1) is 11.8 Å². The topological polar surface area (TPSA) is 39.7 Å². The lowest BCUT2D eigenvalue weighted by atomic mass is 10.0. The van der Waals surface area contributed by atoms with Crippen LogP contribution in [0, 0.1) is 5.82 Å². The zero-order chi connectivity index (χ0) is 19.6. The van der Waals surface area contributed by atoms with E-state index in [4.69, 9.17) is 0 Å². The standard InChI is InChI=1S/C22H29FN4S/c1-24-22(25-13-16-28-21-10-6-5-9-20(21)23)26-19-11-14-27(15-12-19)17-18-7-3-2-4-8-18/h2-10,19H,11-17H2,1H3,(H2,24,25,26). The first-order valence-corrected chi connectivity index (χ1v) is 10.8. The first-order chi connectivity index (χ1) is 13.7. The highest BCUT2D eigenvalue weighted by Crippen LogP contribution is 2.20. The van der Waals surface area contributed by atoms with E-state index < -0.39 is 0 Å². The van der Waals surface area contributed by atoms with Crippen molar-refractivity contribution in [1.82, 2.24) is 15.5 Å². The summed E-state index contributed by atoms with van der Waals surface area (Å²) in [4.78, 5) is 7.53. The lowest BCUT2D eigenvalue weighted by Crippen LogP contribution is -2.48. The third kappa shape index (κ3) is 6.53. The molecule has 2 N–H and O–H groups in total. The van der Waals surface area contributed by atoms with E-state index in [1.165, 1.54) is 23.4 Å². The third-order valence-corrected chi connectivity index (χ3v) is 5.94. The molecule has 0 aromatic heterocycles. The van der Waals surface area contributed by atoms with Crippen molar-refractivity contribution < 1.29 is 4.39 Å². The van der Waals surface area contributed by atoms with E-state index in [1.807, 2.05) is 12.1 Å². The zero-order valence-corrected chi connectivity index (χ0v) is 17.2. The van der Waals surface area contributed by atoms with Gasteiger partial charge in [-0.2, -0.15) is 0 Å². The Morgan fingerprint density at radius 3 is 2.54 bits per heavy atom. The van der Waals surface area contributed by atoms with E-state index in [1.54, 1.807) is 13.1 Å². The molecule has 1 aliphatic heterocycles. The second-order valence-electron chi connectivity index (χ2n) is 6.96. The number of guanidine groups is 1. The average molecular weight is 401 g/mol. The number of thioether (sulfide) groups is 1. The van der Waals surface area contributed by atoms with Gasteiger partial charge in [0.2, 0.25) is 0 Å². The average Bonchev–Trinajstić information content (AvgIpc) is 2.73. The van der Waals surface area contributed by atoms with Gasteiger partial charge in [0.05, 0.1) is 0 Å². The Bertz CT molecular complexity index is 745. The van der Waals surface area contributed by atoms with Crippen molar-refractivity contribution in [3.8, 4) is 0 Å². The van der Waals surface area contributed by atoms with Crippen molar-refractivity contribution in [2.75, 3.05) is 32.4 Å². The van der Waals surface area contributed by atoms with Crippen LogP contribution in [0.5, 0.6) is 0 Å². The molecule has 0 aliphatic carbocycles. The molecule has 150 valence electrons. The fourth-order valence-corrected chi connectivity index (χ4v) is 4.16. The Hall–Kier alpha value is -2.05. The smallest absolute Gasteiger partial charge is 0.191 e. The van der Waals surface area contributed by atoms with Gasteiger partial charge in [0, 0.05) is 49.9 Å². The highest BCUT2D eigenvalue weighted by Gasteiger charge is 2.19. The summed E-state index contributed by atoms with van der Waals surface area (Å²) in [5.74, 6) is 1.46. The molecule has 0 spiro atoms. The SMILES string of the molecule is CN=C(NCCSc1ccccc1F)NC1CCN(Cc2ccccc2)CC1. The molecule has 3 rings (SSSR count). The van der Waals surface area contributed by atoms with E-state index in [9.17, 15) is 4.39 Å². The summed E-state index contributed by atoms with van der Waals surface area (Å²) in [6.45, 7) is 3.94. The van der Waals surface area contributed by atoms with Crippen molar-refractivity contribution in [2.45, 2.75) is 30.3 Å². The summed E-state index contributed by atoms with van der Waals surface area (Å²) in [6, 6.07) is 18.0. The van der Waals surface area contributed by atoms with Crippen molar-refractivity contribution >= 4 is 17.7 Å². The van der Waals surface area contributed by atoms with Gasteiger partial charge in [-0.05, 0) is 30.5 Å². The van der Waals surface area contributed by atoms with E-state index in [2.05, 4.69) is 50.9 Å². The maximum absolute atomic E-state index is 13.6. The number of aliphatic imine (C=N–C) groups is 1. The van der Waals surface area contributed by atoms with Gasteiger partial charge in [-0.3, -0.25) is 9.89 Å². The Morgan fingerprint density at radius 2 is 1.82 bits per heavy atom. The van der Waals surface area contributed by atoms with Gasteiger partial charge < -0.3 is 10.6 Å². The number of halogens is 1. The number of benzene rings is 2. The number of hydrogen-bond donors (Lipinski definition) is 2. The first-order valence-electron chi connectivity index (χ1n) is 9.85. The largest absolute Gasteiger partial charge is 0.356 e. The Morgan fingerprint density at radius 1 is 1.11 bits per heavy atom. The summed E-state index contributed by atoms with van der Waals surface area (Å²) >= 11 is 1.52. The molecule has 2 aromatic carbocycles. The maximum atomic E-state index is 13.6. The van der Waals surface area contributed by atoms with Gasteiger partial charge in [0.25, 0.3) is 0 Å². The first kappa shape index (κ1) is 20.7. The molecule has 1 aliphatic rings. The lowest BCUT2D eigenvalue weighted by Gasteiger charge is -2.33. The van der Waals surface area contributed by atoms with E-state index >= 15 is 0 Å². The maximum Gasteiger partial charge on any atom is 0.191 e. The summed E-state index contributed by atoms with van der Waals surface area (Å²) < 4.78 is 13.6. The number of rotatable bonds is 7. The van der Waals surface area contributed by atoms with Crippen LogP contribution >= 0.6 is 11.8 Å². The van der Waals surface area contributed by atoms with Crippen LogP contribution in [0.15, 0.2) is 64.5 Å². The van der Waals surface area contributed by atoms with Crippen LogP contribution < -0.4 is 10.6 Å². The Kier molecular flexibility index (Phi) is 8.18. The minimum absolute atomic E-state index is 0.155. The van der Waals surface area contributed by atoms with Crippen molar-refractivity contribution in [2.24, 2.45) is 4.99 Å². The Labute approximate surface area is 171 Å². The normalized spacial score (nSPS) is 16.1. The highest BCUT2D eigenvalue weighted by molar-refractivity contribution is 7.99. The highest BCUT2D eigenvalue weighted by atomic mass is 32.2. The van der Waals surface area contributed by atoms with Crippen molar-refractivity contribution in [1.29, 1.82) is 0 Å². The number of nitrogens with one attached hydrogen (secondary N) is 2. The molecule has 6 heteroatoms. The third-order valence-electron chi connectivity index (χ3n) is 4.89. The number of piperidine rings is 1. The van der Waals surface area contributed by atoms with Gasteiger partial charge >= 0.3 is 0 Å². The molecular formula is C22H29FN4S. The molecule has 0 atom stereocenters. The predicted molar refractivity (Wildman–Crippen MR) is 116 cm³/mol. The van der Waals surface area contributed by atoms with Gasteiger partial charge in [-0.1, -0.05) is 42.5 Å². The molecule has 1 heterocycles. The fraction of sp³-hybridized carbons (Fsp3) is 0.409. The Balaban J connectivity index is 1.34. The fourth-order valence-electron chi connectivity index (χ4n) is 3.36. The molecule has 4 nitrogen and oxygen atoms in total. The van der Waals surface area contributed by atoms with Crippen LogP contribution in [-0.2, 0) is 6.54 Å². The molecule has 1 fully saturated rings. The van der Waals surface area contributed by atoms with Crippen LogP contribution in [-0.4, -0.2) is 49.3 Å². The molecule has 1 saturated heterocycles. The van der Waals surface area contributed by atoms with Crippen molar-refractivity contribution in [3.63, 3.8) is 0 Å². The van der Waals surface area contributed by atoms with Crippen molar-refractivity contribution in [3.05, 3.63) is 66.0 Å². The van der Waals surface area contributed by atoms with E-state index in [-0.39, 0.29) is 5.82 Å². The van der Waals surface area contributed by atoms with Gasteiger partial charge in [0.1, 0.15) is 5.82 Å². The van der Waals surface area contributed by atoms with Crippen LogP contribution in [0.1, 0.15) is 18.4 Å². The molecule has 28 heavy (non-hydrogen) atoms. The van der Waals surface area contributed by atoms with Gasteiger partial charge in [-0.25, -0.2) is 4.39 Å². The van der Waals surface area contributed by atoms with Crippen LogP contribution in [0.2, 0.25) is 0 Å². The molecule has 0 radical (unpaired) electrons. The van der Waals surface area contributed by atoms with E-state index in [0.717, 1.165) is 50.7 Å². The summed E-state index contributed by atoms with van der Waals surface area (Å²) in [5, 5.41) is 6.87. The summed E-state index contributed by atoms with van der Waals surface area (Å²) in [6.07, 6.45) is 2.22. The van der Waals surface area contributed by atoms with E-state index in [0.29, 0.717) is 10.9 Å². The molecule has 0 bridgehead atoms. The monoisotopic (exact) mass is 400 g/mol. The molecule has 0 unspecified atom stereocenters. The minimum Gasteiger partial charge on any atom is -0.356 e. The molecular weight excluding hydrogens is 371 g/mol. The number of hydrogen-bond acceptors (Lipinski definition) is 3. The number of nitrogens with zero attached hydrogens (tertiary/aromatic N) is 2. The number of likely N-dealkylation sites (tertiary alicyclic amines) is 1. The minimum atomic E-state index is -0.155. The van der Waals surface area contributed by atoms with Gasteiger partial charge in [0.15, 0.2) is 5.96 Å². The summed E-state index contributed by atoms with van der Waals surface area (Å²) in [5.41, 5.74) is 1.37. The lowest BCUT2D eigenvalue weighted by molar-refractivity contribution is 0.198.